The Morgan fingerprint density at radius 1 is 1.00 bits per heavy atom. The normalized spacial score (nSPS) is 15.2. The molecule has 1 saturated heterocycles. The zero-order chi connectivity index (χ0) is 20.6. The maximum absolute atomic E-state index is 13.3. The van der Waals surface area contributed by atoms with Gasteiger partial charge in [-0.25, -0.2) is 0 Å². The van der Waals surface area contributed by atoms with Gasteiger partial charge in [-0.1, -0.05) is 55.5 Å². The quantitative estimate of drug-likeness (QED) is 0.777. The van der Waals surface area contributed by atoms with Crippen LogP contribution in [0, 0.1) is 0 Å². The minimum atomic E-state index is -0.457. The second-order valence-corrected chi connectivity index (χ2v) is 7.67. The summed E-state index contributed by atoms with van der Waals surface area (Å²) in [6, 6.07) is 17.1. The maximum Gasteiger partial charge on any atom is 0.244 e. The van der Waals surface area contributed by atoms with E-state index in [1.165, 1.54) is 6.42 Å². The largest absolute Gasteiger partial charge is 0.341 e. The van der Waals surface area contributed by atoms with Crippen molar-refractivity contribution in [2.75, 3.05) is 32.0 Å². The summed E-state index contributed by atoms with van der Waals surface area (Å²) >= 11 is 0. The predicted molar refractivity (Wildman–Crippen MR) is 117 cm³/mol. The molecular formula is C24H31N3O2. The number of rotatable bonds is 7. The van der Waals surface area contributed by atoms with Crippen molar-refractivity contribution in [1.82, 2.24) is 9.80 Å². The van der Waals surface area contributed by atoms with Gasteiger partial charge in [-0.3, -0.25) is 14.5 Å². The van der Waals surface area contributed by atoms with Crippen molar-refractivity contribution in [3.05, 3.63) is 65.7 Å². The molecular weight excluding hydrogens is 362 g/mol. The van der Waals surface area contributed by atoms with Crippen LogP contribution in [0.25, 0.3) is 0 Å². The van der Waals surface area contributed by atoms with E-state index < -0.39 is 6.04 Å². The number of hydrogen-bond donors (Lipinski definition) is 1. The summed E-state index contributed by atoms with van der Waals surface area (Å²) in [7, 11) is 1.85. The Morgan fingerprint density at radius 3 is 2.34 bits per heavy atom. The first kappa shape index (κ1) is 21.1. The van der Waals surface area contributed by atoms with Gasteiger partial charge < -0.3 is 10.2 Å². The van der Waals surface area contributed by atoms with Gasteiger partial charge in [0.15, 0.2) is 0 Å². The number of likely N-dealkylation sites (tertiary alicyclic amines) is 1. The summed E-state index contributed by atoms with van der Waals surface area (Å²) in [6.07, 6.45) is 4.12. The molecule has 1 aliphatic heterocycles. The number of carbonyl (C=O) groups is 2. The minimum Gasteiger partial charge on any atom is -0.341 e. The number of piperidine rings is 1. The molecule has 154 valence electrons. The highest BCUT2D eigenvalue weighted by Crippen LogP contribution is 2.24. The second-order valence-electron chi connectivity index (χ2n) is 7.67. The minimum absolute atomic E-state index is 0.0835. The summed E-state index contributed by atoms with van der Waals surface area (Å²) in [4.78, 5) is 29.9. The molecule has 0 unspecified atom stereocenters. The number of aryl methyl sites for hydroxylation is 1. The zero-order valence-electron chi connectivity index (χ0n) is 17.4. The molecule has 1 aliphatic rings. The van der Waals surface area contributed by atoms with Gasteiger partial charge in [0.25, 0.3) is 0 Å². The average Bonchev–Trinajstić information content (AvgIpc) is 2.75. The van der Waals surface area contributed by atoms with E-state index in [2.05, 4.69) is 12.2 Å². The molecule has 1 atom stereocenters. The van der Waals surface area contributed by atoms with E-state index in [1.54, 1.807) is 0 Å². The Kier molecular flexibility index (Phi) is 7.42. The molecule has 0 bridgehead atoms. The first-order valence-electron chi connectivity index (χ1n) is 10.5. The van der Waals surface area contributed by atoms with Crippen molar-refractivity contribution in [3.63, 3.8) is 0 Å². The Morgan fingerprint density at radius 2 is 1.66 bits per heavy atom. The SMILES string of the molecule is CCc1ccccc1NC(=O)CN(C)[C@@H](C(=O)N1CCCCC1)c1ccccc1. The van der Waals surface area contributed by atoms with Crippen LogP contribution in [-0.4, -0.2) is 48.3 Å². The molecule has 5 nitrogen and oxygen atoms in total. The van der Waals surface area contributed by atoms with E-state index in [1.807, 2.05) is 71.4 Å². The van der Waals surface area contributed by atoms with Crippen molar-refractivity contribution in [2.45, 2.75) is 38.6 Å². The first-order valence-corrected chi connectivity index (χ1v) is 10.5. The molecule has 29 heavy (non-hydrogen) atoms. The van der Waals surface area contributed by atoms with Gasteiger partial charge in [0.05, 0.1) is 6.54 Å². The van der Waals surface area contributed by atoms with Crippen LogP contribution in [0.1, 0.15) is 43.4 Å². The van der Waals surface area contributed by atoms with E-state index in [0.717, 1.165) is 49.2 Å². The molecule has 0 aromatic heterocycles. The Hall–Kier alpha value is -2.66. The lowest BCUT2D eigenvalue weighted by molar-refractivity contribution is -0.138. The van der Waals surface area contributed by atoms with Crippen LogP contribution >= 0.6 is 0 Å². The monoisotopic (exact) mass is 393 g/mol. The zero-order valence-corrected chi connectivity index (χ0v) is 17.4. The lowest BCUT2D eigenvalue weighted by Crippen LogP contribution is -2.45. The summed E-state index contributed by atoms with van der Waals surface area (Å²) in [5, 5.41) is 3.01. The molecule has 2 aromatic carbocycles. The molecule has 2 amide bonds. The summed E-state index contributed by atoms with van der Waals surface area (Å²) < 4.78 is 0. The van der Waals surface area contributed by atoms with Gasteiger partial charge in [-0.05, 0) is 49.9 Å². The number of hydrogen-bond acceptors (Lipinski definition) is 3. The molecule has 5 heteroatoms. The fourth-order valence-corrected chi connectivity index (χ4v) is 3.97. The van der Waals surface area contributed by atoms with Gasteiger partial charge >= 0.3 is 0 Å². The number of likely N-dealkylation sites (N-methyl/N-ethyl adjacent to an activating group) is 1. The van der Waals surface area contributed by atoms with Gasteiger partial charge in [0.2, 0.25) is 11.8 Å². The number of carbonyl (C=O) groups excluding carboxylic acids is 2. The third kappa shape index (κ3) is 5.45. The van der Waals surface area contributed by atoms with Crippen LogP contribution in [0.2, 0.25) is 0 Å². The van der Waals surface area contributed by atoms with Gasteiger partial charge in [0.1, 0.15) is 6.04 Å². The number of benzene rings is 2. The fraction of sp³-hybridized carbons (Fsp3) is 0.417. The number of anilines is 1. The first-order chi connectivity index (χ1) is 14.1. The van der Waals surface area contributed by atoms with E-state index in [4.69, 9.17) is 0 Å². The van der Waals surface area contributed by atoms with Crippen molar-refractivity contribution >= 4 is 17.5 Å². The topological polar surface area (TPSA) is 52.7 Å². The summed E-state index contributed by atoms with van der Waals surface area (Å²) in [5.74, 6) is -0.0269. The van der Waals surface area contributed by atoms with E-state index >= 15 is 0 Å². The van der Waals surface area contributed by atoms with Crippen LogP contribution < -0.4 is 5.32 Å². The average molecular weight is 394 g/mol. The second kappa shape index (κ2) is 10.2. The van der Waals surface area contributed by atoms with Crippen LogP contribution in [0.5, 0.6) is 0 Å². The fourth-order valence-electron chi connectivity index (χ4n) is 3.97. The Balaban J connectivity index is 1.74. The van der Waals surface area contributed by atoms with E-state index in [9.17, 15) is 9.59 Å². The highest BCUT2D eigenvalue weighted by Gasteiger charge is 2.31. The molecule has 2 aromatic rings. The maximum atomic E-state index is 13.3. The molecule has 0 aliphatic carbocycles. The predicted octanol–water partition coefficient (Wildman–Crippen LogP) is 3.87. The van der Waals surface area contributed by atoms with Crippen LogP contribution in [-0.2, 0) is 16.0 Å². The standard InChI is InChI=1S/C24H31N3O2/c1-3-19-12-8-9-15-21(19)25-22(28)18-26(2)23(20-13-6-4-7-14-20)24(29)27-16-10-5-11-17-27/h4,6-9,12-15,23H,3,5,10-11,16-18H2,1-2H3,(H,25,28)/t23-/m1/s1. The van der Waals surface area contributed by atoms with Gasteiger partial charge in [-0.2, -0.15) is 0 Å². The lowest BCUT2D eigenvalue weighted by Gasteiger charge is -2.34. The lowest BCUT2D eigenvalue weighted by atomic mass is 10.0. The molecule has 0 spiro atoms. The Labute approximate surface area is 173 Å². The van der Waals surface area contributed by atoms with Crippen molar-refractivity contribution < 1.29 is 9.59 Å². The number of nitrogens with zero attached hydrogens (tertiary/aromatic N) is 2. The highest BCUT2D eigenvalue weighted by atomic mass is 16.2. The van der Waals surface area contributed by atoms with Crippen LogP contribution in [0.15, 0.2) is 54.6 Å². The van der Waals surface area contributed by atoms with Crippen LogP contribution in [0.3, 0.4) is 0 Å². The van der Waals surface area contributed by atoms with Crippen molar-refractivity contribution in [2.24, 2.45) is 0 Å². The molecule has 1 N–H and O–H groups in total. The molecule has 0 radical (unpaired) electrons. The third-order valence-electron chi connectivity index (χ3n) is 5.52. The molecule has 3 rings (SSSR count). The van der Waals surface area contributed by atoms with Crippen molar-refractivity contribution in [1.29, 1.82) is 0 Å². The smallest absolute Gasteiger partial charge is 0.244 e. The van der Waals surface area contributed by atoms with E-state index in [-0.39, 0.29) is 18.4 Å². The summed E-state index contributed by atoms with van der Waals surface area (Å²) in [6.45, 7) is 3.81. The third-order valence-corrected chi connectivity index (χ3v) is 5.52. The Bertz CT molecular complexity index is 816. The van der Waals surface area contributed by atoms with Crippen LogP contribution in [0.4, 0.5) is 5.69 Å². The van der Waals surface area contributed by atoms with Crippen molar-refractivity contribution in [3.8, 4) is 0 Å². The molecule has 1 heterocycles. The number of para-hydroxylation sites is 1. The van der Waals surface area contributed by atoms with E-state index in [0.29, 0.717) is 0 Å². The number of amides is 2. The van der Waals surface area contributed by atoms with Gasteiger partial charge in [0, 0.05) is 18.8 Å². The number of nitrogens with one attached hydrogen (secondary N) is 1. The highest BCUT2D eigenvalue weighted by molar-refractivity contribution is 5.93. The molecule has 1 fully saturated rings. The molecule has 0 saturated carbocycles. The van der Waals surface area contributed by atoms with Gasteiger partial charge in [-0.15, -0.1) is 0 Å². The summed E-state index contributed by atoms with van der Waals surface area (Å²) in [5.41, 5.74) is 2.87.